The predicted molar refractivity (Wildman–Crippen MR) is 124 cm³/mol. The van der Waals surface area contributed by atoms with Crippen LogP contribution in [0.1, 0.15) is 36.8 Å². The maximum Gasteiger partial charge on any atom is 0.264 e. The van der Waals surface area contributed by atoms with E-state index in [-0.39, 0.29) is 29.5 Å². The van der Waals surface area contributed by atoms with Crippen LogP contribution in [0.5, 0.6) is 5.75 Å². The third-order valence-corrected chi connectivity index (χ3v) is 8.85. The number of ether oxygens (including phenoxy) is 1. The minimum Gasteiger partial charge on any atom is -0.487 e. The SMILES string of the molecule is CN1CCC(Oc2cc(NS(=O)(=O)c3ccc(Cl)cc3F)cc3c2CC(=O)C32CCC2)C(F)C1. The fourth-order valence-electron chi connectivity index (χ4n) is 5.21. The molecule has 2 unspecified atom stereocenters. The lowest BCUT2D eigenvalue weighted by atomic mass is 9.64. The average molecular weight is 511 g/mol. The second kappa shape index (κ2) is 8.46. The number of benzene rings is 2. The van der Waals surface area contributed by atoms with Gasteiger partial charge in [-0.15, -0.1) is 0 Å². The van der Waals surface area contributed by atoms with Crippen LogP contribution in [0.25, 0.3) is 0 Å². The number of Topliss-reactive ketones (excluding diaryl/α,β-unsaturated/α-hetero) is 1. The van der Waals surface area contributed by atoms with Gasteiger partial charge in [0.05, 0.1) is 11.1 Å². The van der Waals surface area contributed by atoms with E-state index in [1.54, 1.807) is 6.07 Å². The summed E-state index contributed by atoms with van der Waals surface area (Å²) in [5.74, 6) is -0.599. The molecule has 2 aromatic rings. The smallest absolute Gasteiger partial charge is 0.264 e. The number of sulfonamides is 1. The number of rotatable bonds is 5. The van der Waals surface area contributed by atoms with Crippen LogP contribution in [-0.2, 0) is 26.7 Å². The van der Waals surface area contributed by atoms with Gasteiger partial charge in [-0.25, -0.2) is 17.2 Å². The van der Waals surface area contributed by atoms with E-state index in [1.165, 1.54) is 12.1 Å². The van der Waals surface area contributed by atoms with Crippen molar-refractivity contribution in [2.75, 3.05) is 24.9 Å². The number of alkyl halides is 1. The maximum atomic E-state index is 14.7. The van der Waals surface area contributed by atoms with Gasteiger partial charge in [-0.1, -0.05) is 18.0 Å². The fraction of sp³-hybridized carbons (Fsp3) is 0.458. The van der Waals surface area contributed by atoms with Crippen LogP contribution < -0.4 is 9.46 Å². The van der Waals surface area contributed by atoms with Crippen molar-refractivity contribution < 1.29 is 26.7 Å². The highest BCUT2D eigenvalue weighted by Crippen LogP contribution is 2.53. The predicted octanol–water partition coefficient (Wildman–Crippen LogP) is 4.25. The first kappa shape index (κ1) is 23.5. The molecule has 1 spiro atoms. The summed E-state index contributed by atoms with van der Waals surface area (Å²) >= 11 is 5.76. The summed E-state index contributed by atoms with van der Waals surface area (Å²) in [5, 5.41) is 0.0778. The lowest BCUT2D eigenvalue weighted by Crippen LogP contribution is -2.45. The molecule has 2 aliphatic carbocycles. The Morgan fingerprint density at radius 3 is 2.65 bits per heavy atom. The van der Waals surface area contributed by atoms with Gasteiger partial charge < -0.3 is 9.64 Å². The van der Waals surface area contributed by atoms with Crippen LogP contribution in [0.15, 0.2) is 35.2 Å². The van der Waals surface area contributed by atoms with Crippen LogP contribution in [0.2, 0.25) is 5.02 Å². The molecule has 182 valence electrons. The Kier molecular flexibility index (Phi) is 5.85. The monoisotopic (exact) mass is 510 g/mol. The van der Waals surface area contributed by atoms with E-state index in [2.05, 4.69) is 4.72 Å². The molecular formula is C24H25ClF2N2O4S. The molecule has 0 aromatic heterocycles. The van der Waals surface area contributed by atoms with Gasteiger partial charge in [0.1, 0.15) is 34.5 Å². The number of hydrogen-bond acceptors (Lipinski definition) is 5. The average Bonchev–Trinajstić information content (AvgIpc) is 3.01. The van der Waals surface area contributed by atoms with Gasteiger partial charge in [-0.2, -0.15) is 0 Å². The topological polar surface area (TPSA) is 75.7 Å². The van der Waals surface area contributed by atoms with Crippen LogP contribution in [-0.4, -0.2) is 51.5 Å². The number of hydrogen-bond donors (Lipinski definition) is 1. The summed E-state index contributed by atoms with van der Waals surface area (Å²) in [4.78, 5) is 14.3. The standard InChI is InChI=1S/C24H25ClF2N2O4S/c1-29-8-5-20(19(27)13-29)33-21-11-15(10-17-16(21)12-23(30)24(17)6-2-7-24)28-34(31,32)22-4-3-14(25)9-18(22)26/h3-4,9-11,19-20,28H,2,5-8,12-13H2,1H3. The summed E-state index contributed by atoms with van der Waals surface area (Å²) in [5.41, 5.74) is 0.908. The molecule has 1 N–H and O–H groups in total. The van der Waals surface area contributed by atoms with Crippen molar-refractivity contribution >= 4 is 33.1 Å². The normalized spacial score (nSPS) is 24.1. The summed E-state index contributed by atoms with van der Waals surface area (Å²) in [6.45, 7) is 0.899. The van der Waals surface area contributed by atoms with E-state index >= 15 is 0 Å². The third-order valence-electron chi connectivity index (χ3n) is 7.20. The second-order valence-electron chi connectivity index (χ2n) is 9.44. The second-order valence-corrected chi connectivity index (χ2v) is 11.5. The lowest BCUT2D eigenvalue weighted by Gasteiger charge is -2.38. The van der Waals surface area contributed by atoms with Crippen LogP contribution in [0, 0.1) is 5.82 Å². The molecule has 0 amide bonds. The van der Waals surface area contributed by atoms with Crippen molar-refractivity contribution in [3.8, 4) is 5.75 Å². The van der Waals surface area contributed by atoms with Crippen molar-refractivity contribution in [2.24, 2.45) is 0 Å². The van der Waals surface area contributed by atoms with Gasteiger partial charge in [0, 0.05) is 36.2 Å². The van der Waals surface area contributed by atoms with Crippen molar-refractivity contribution in [1.29, 1.82) is 0 Å². The van der Waals surface area contributed by atoms with Crippen molar-refractivity contribution in [3.05, 3.63) is 52.3 Å². The highest BCUT2D eigenvalue weighted by atomic mass is 35.5. The third kappa shape index (κ3) is 3.97. The maximum absolute atomic E-state index is 14.7. The minimum absolute atomic E-state index is 0.0718. The molecule has 5 rings (SSSR count). The van der Waals surface area contributed by atoms with Crippen molar-refractivity contribution in [2.45, 2.75) is 54.7 Å². The first-order chi connectivity index (χ1) is 16.1. The molecule has 6 nitrogen and oxygen atoms in total. The highest BCUT2D eigenvalue weighted by molar-refractivity contribution is 7.92. The Balaban J connectivity index is 1.53. The van der Waals surface area contributed by atoms with E-state index in [4.69, 9.17) is 16.3 Å². The molecule has 1 aliphatic heterocycles. The lowest BCUT2D eigenvalue weighted by molar-refractivity contribution is -0.125. The molecule has 10 heteroatoms. The number of likely N-dealkylation sites (tertiary alicyclic amines) is 1. The quantitative estimate of drug-likeness (QED) is 0.651. The summed E-state index contributed by atoms with van der Waals surface area (Å²) in [6, 6.07) is 6.42. The first-order valence-electron chi connectivity index (χ1n) is 11.3. The number of anilines is 1. The number of ketones is 1. The highest BCUT2D eigenvalue weighted by Gasteiger charge is 2.51. The number of halogens is 3. The molecule has 2 aromatic carbocycles. The van der Waals surface area contributed by atoms with Crippen LogP contribution >= 0.6 is 11.6 Å². The Morgan fingerprint density at radius 1 is 1.24 bits per heavy atom. The van der Waals surface area contributed by atoms with Gasteiger partial charge in [0.25, 0.3) is 10.0 Å². The zero-order chi connectivity index (χ0) is 24.3. The number of carbonyl (C=O) groups excluding carboxylic acids is 1. The van der Waals surface area contributed by atoms with Crippen molar-refractivity contribution in [1.82, 2.24) is 4.90 Å². The zero-order valence-electron chi connectivity index (χ0n) is 18.6. The first-order valence-corrected chi connectivity index (χ1v) is 13.1. The molecule has 3 aliphatic rings. The molecule has 2 fully saturated rings. The molecule has 1 heterocycles. The molecule has 34 heavy (non-hydrogen) atoms. The van der Waals surface area contributed by atoms with Gasteiger partial charge >= 0.3 is 0 Å². The van der Waals surface area contributed by atoms with E-state index in [9.17, 15) is 22.0 Å². The van der Waals surface area contributed by atoms with Crippen LogP contribution in [0.3, 0.4) is 0 Å². The Morgan fingerprint density at radius 2 is 2.00 bits per heavy atom. The van der Waals surface area contributed by atoms with E-state index in [0.717, 1.165) is 24.1 Å². The Bertz CT molecular complexity index is 1270. The summed E-state index contributed by atoms with van der Waals surface area (Å²) < 4.78 is 63.5. The largest absolute Gasteiger partial charge is 0.487 e. The number of carbonyl (C=O) groups is 1. The summed E-state index contributed by atoms with van der Waals surface area (Å²) in [7, 11) is -2.45. The molecule has 1 saturated carbocycles. The number of fused-ring (bicyclic) bond motifs is 2. The van der Waals surface area contributed by atoms with E-state index in [0.29, 0.717) is 37.1 Å². The Hall–Kier alpha value is -2.23. The number of nitrogens with zero attached hydrogens (tertiary/aromatic N) is 1. The van der Waals surface area contributed by atoms with Crippen LogP contribution in [0.4, 0.5) is 14.5 Å². The Labute approximate surface area is 202 Å². The van der Waals surface area contributed by atoms with E-state index < -0.39 is 38.4 Å². The van der Waals surface area contributed by atoms with Gasteiger partial charge in [0.2, 0.25) is 0 Å². The number of nitrogens with one attached hydrogen (secondary N) is 1. The van der Waals surface area contributed by atoms with Crippen molar-refractivity contribution in [3.63, 3.8) is 0 Å². The number of piperidine rings is 1. The molecular weight excluding hydrogens is 486 g/mol. The zero-order valence-corrected chi connectivity index (χ0v) is 20.2. The van der Waals surface area contributed by atoms with Gasteiger partial charge in [-0.3, -0.25) is 9.52 Å². The van der Waals surface area contributed by atoms with Gasteiger partial charge in [0.15, 0.2) is 0 Å². The van der Waals surface area contributed by atoms with E-state index in [1.807, 2.05) is 11.9 Å². The van der Waals surface area contributed by atoms with Gasteiger partial charge in [-0.05, 0) is 56.1 Å². The molecule has 2 atom stereocenters. The molecule has 1 saturated heterocycles. The fourth-order valence-corrected chi connectivity index (χ4v) is 6.47. The summed E-state index contributed by atoms with van der Waals surface area (Å²) in [6.07, 6.45) is 0.987. The molecule has 0 radical (unpaired) electrons. The molecule has 0 bridgehead atoms. The minimum atomic E-state index is -4.29.